The van der Waals surface area contributed by atoms with Gasteiger partial charge in [0.2, 0.25) is 0 Å². The minimum absolute atomic E-state index is 0.0120. The average molecular weight is 328 g/mol. The topological polar surface area (TPSA) is 64.0 Å². The SMILES string of the molecule is CC[C@@]12CCCN3CC[C@]4(C(=O)c5ccccc5N4[C@@H](O)[C@H]1O)[C@H]32. The Morgan fingerprint density at radius 1 is 1.21 bits per heavy atom. The third kappa shape index (κ3) is 1.38. The van der Waals surface area contributed by atoms with Crippen LogP contribution in [0, 0.1) is 5.41 Å². The summed E-state index contributed by atoms with van der Waals surface area (Å²) in [6.07, 6.45) is 1.56. The van der Waals surface area contributed by atoms with E-state index in [0.717, 1.165) is 44.5 Å². The number of hydrogen-bond donors (Lipinski definition) is 2. The highest BCUT2D eigenvalue weighted by Crippen LogP contribution is 2.61. The summed E-state index contributed by atoms with van der Waals surface area (Å²) in [6, 6.07) is 7.54. The van der Waals surface area contributed by atoms with Crippen LogP contribution in [0.15, 0.2) is 24.3 Å². The van der Waals surface area contributed by atoms with Gasteiger partial charge in [-0.15, -0.1) is 0 Å². The van der Waals surface area contributed by atoms with Gasteiger partial charge in [-0.3, -0.25) is 9.69 Å². The summed E-state index contributed by atoms with van der Waals surface area (Å²) in [5, 5.41) is 22.2. The third-order valence-corrected chi connectivity index (χ3v) is 7.26. The van der Waals surface area contributed by atoms with Crippen molar-refractivity contribution >= 4 is 11.5 Å². The molecule has 0 saturated carbocycles. The lowest BCUT2D eigenvalue weighted by atomic mass is 9.58. The van der Waals surface area contributed by atoms with Crippen LogP contribution in [0.4, 0.5) is 5.69 Å². The maximum absolute atomic E-state index is 13.5. The number of ketones is 1. The predicted octanol–water partition coefficient (Wildman–Crippen LogP) is 1.39. The van der Waals surface area contributed by atoms with Crippen molar-refractivity contribution in [2.75, 3.05) is 18.0 Å². The molecule has 3 saturated heterocycles. The van der Waals surface area contributed by atoms with Crippen molar-refractivity contribution in [3.63, 3.8) is 0 Å². The highest BCUT2D eigenvalue weighted by Gasteiger charge is 2.73. The highest BCUT2D eigenvalue weighted by atomic mass is 16.3. The van der Waals surface area contributed by atoms with Crippen LogP contribution in [0.2, 0.25) is 0 Å². The summed E-state index contributed by atoms with van der Waals surface area (Å²) < 4.78 is 0. The minimum atomic E-state index is -1.02. The normalized spacial score (nSPS) is 43.5. The first-order chi connectivity index (χ1) is 11.6. The summed E-state index contributed by atoms with van der Waals surface area (Å²) in [6.45, 7) is 3.93. The molecule has 3 fully saturated rings. The number of carbonyl (C=O) groups excluding carboxylic acids is 1. The van der Waals surface area contributed by atoms with Crippen LogP contribution in [-0.2, 0) is 0 Å². The smallest absolute Gasteiger partial charge is 0.192 e. The number of aliphatic hydroxyl groups is 2. The van der Waals surface area contributed by atoms with Gasteiger partial charge in [0, 0.05) is 23.6 Å². The van der Waals surface area contributed by atoms with E-state index in [0.29, 0.717) is 5.56 Å². The molecular formula is C19H24N2O3. The minimum Gasteiger partial charge on any atom is -0.388 e. The van der Waals surface area contributed by atoms with Crippen LogP contribution in [0.25, 0.3) is 0 Å². The van der Waals surface area contributed by atoms with Crippen molar-refractivity contribution in [1.29, 1.82) is 0 Å². The van der Waals surface area contributed by atoms with Crippen LogP contribution in [0.3, 0.4) is 0 Å². The molecule has 0 aromatic heterocycles. The molecule has 128 valence electrons. The van der Waals surface area contributed by atoms with E-state index in [1.54, 1.807) is 0 Å². The maximum Gasteiger partial charge on any atom is 0.192 e. The van der Waals surface area contributed by atoms with Gasteiger partial charge in [-0.2, -0.15) is 0 Å². The van der Waals surface area contributed by atoms with E-state index in [9.17, 15) is 15.0 Å². The second-order valence-corrected chi connectivity index (χ2v) is 7.88. The zero-order valence-electron chi connectivity index (χ0n) is 14.0. The van der Waals surface area contributed by atoms with Crippen molar-refractivity contribution in [1.82, 2.24) is 4.90 Å². The Morgan fingerprint density at radius 3 is 2.79 bits per heavy atom. The number of fused-ring (bicyclic) bond motifs is 2. The van der Waals surface area contributed by atoms with E-state index in [1.807, 2.05) is 29.2 Å². The Bertz CT molecular complexity index is 722. The number of piperidine rings is 2. The molecule has 4 heterocycles. The summed E-state index contributed by atoms with van der Waals surface area (Å²) in [7, 11) is 0. The van der Waals surface area contributed by atoms with Crippen LogP contribution in [-0.4, -0.2) is 57.9 Å². The van der Waals surface area contributed by atoms with Gasteiger partial charge < -0.3 is 15.1 Å². The van der Waals surface area contributed by atoms with Crippen LogP contribution >= 0.6 is 0 Å². The predicted molar refractivity (Wildman–Crippen MR) is 89.9 cm³/mol. The van der Waals surface area contributed by atoms with E-state index < -0.39 is 23.3 Å². The molecule has 1 aromatic carbocycles. The first-order valence-corrected chi connectivity index (χ1v) is 9.11. The number of anilines is 1. The van der Waals surface area contributed by atoms with Crippen molar-refractivity contribution in [3.05, 3.63) is 29.8 Å². The van der Waals surface area contributed by atoms with Crippen LogP contribution in [0.1, 0.15) is 43.0 Å². The van der Waals surface area contributed by atoms with Gasteiger partial charge in [-0.25, -0.2) is 0 Å². The van der Waals surface area contributed by atoms with Crippen LogP contribution < -0.4 is 4.90 Å². The maximum atomic E-state index is 13.5. The van der Waals surface area contributed by atoms with Gasteiger partial charge in [-0.05, 0) is 44.4 Å². The number of hydrogen-bond acceptors (Lipinski definition) is 5. The molecular weight excluding hydrogens is 304 g/mol. The lowest BCUT2D eigenvalue weighted by Crippen LogP contribution is -2.77. The standard InChI is InChI=1S/C19H24N2O3/c1-2-18-8-5-10-20-11-9-19(17(18)20)14(22)12-6-3-4-7-13(12)21(19)16(24)15(18)23/h3-4,6-7,15-17,23-24H,2,5,8-11H2,1H3/t15-,16+,17-,18-,19+/m1/s1. The Hall–Kier alpha value is -1.43. The second-order valence-electron chi connectivity index (χ2n) is 7.88. The van der Waals surface area contributed by atoms with Gasteiger partial charge in [0.1, 0.15) is 11.6 Å². The fraction of sp³-hybridized carbons (Fsp3) is 0.632. The quantitative estimate of drug-likeness (QED) is 0.816. The van der Waals surface area contributed by atoms with Crippen molar-refractivity contribution < 1.29 is 15.0 Å². The summed E-state index contributed by atoms with van der Waals surface area (Å²) in [4.78, 5) is 17.8. The van der Waals surface area contributed by atoms with E-state index in [4.69, 9.17) is 0 Å². The first-order valence-electron chi connectivity index (χ1n) is 9.11. The van der Waals surface area contributed by atoms with Gasteiger partial charge in [0.15, 0.2) is 12.0 Å². The van der Waals surface area contributed by atoms with Crippen molar-refractivity contribution in [3.8, 4) is 0 Å². The molecule has 5 rings (SSSR count). The zero-order valence-corrected chi connectivity index (χ0v) is 14.0. The number of benzene rings is 1. The van der Waals surface area contributed by atoms with Gasteiger partial charge in [-0.1, -0.05) is 19.1 Å². The Balaban J connectivity index is 1.78. The molecule has 4 aliphatic rings. The lowest BCUT2D eigenvalue weighted by molar-refractivity contribution is -0.155. The molecule has 0 aliphatic carbocycles. The monoisotopic (exact) mass is 328 g/mol. The van der Waals surface area contributed by atoms with E-state index in [2.05, 4.69) is 11.8 Å². The molecule has 1 spiro atoms. The zero-order chi connectivity index (χ0) is 16.7. The van der Waals surface area contributed by atoms with Crippen molar-refractivity contribution in [2.45, 2.75) is 56.5 Å². The molecule has 5 heteroatoms. The number of rotatable bonds is 1. The molecule has 0 unspecified atom stereocenters. The number of nitrogens with zero attached hydrogens (tertiary/aromatic N) is 2. The Morgan fingerprint density at radius 2 is 2.00 bits per heavy atom. The number of para-hydroxylation sites is 1. The fourth-order valence-corrected chi connectivity index (χ4v) is 6.34. The molecule has 5 atom stereocenters. The van der Waals surface area contributed by atoms with Gasteiger partial charge >= 0.3 is 0 Å². The molecule has 1 aromatic rings. The van der Waals surface area contributed by atoms with E-state index in [1.165, 1.54) is 0 Å². The lowest BCUT2D eigenvalue weighted by Gasteiger charge is -2.62. The molecule has 24 heavy (non-hydrogen) atoms. The summed E-state index contributed by atoms with van der Waals surface area (Å²) in [5.74, 6) is 0.135. The average Bonchev–Trinajstić information content (AvgIpc) is 3.12. The number of Topliss-reactive ketones (excluding diaryl/α,β-unsaturated/α-hetero) is 1. The number of carbonyl (C=O) groups is 1. The fourth-order valence-electron chi connectivity index (χ4n) is 6.34. The summed E-state index contributed by atoms with van der Waals surface area (Å²) in [5.41, 5.74) is 0.371. The van der Waals surface area contributed by atoms with Crippen LogP contribution in [0.5, 0.6) is 0 Å². The molecule has 0 bridgehead atoms. The Kier molecular flexibility index (Phi) is 2.85. The third-order valence-electron chi connectivity index (χ3n) is 7.26. The molecule has 2 N–H and O–H groups in total. The molecule has 5 nitrogen and oxygen atoms in total. The molecule has 0 amide bonds. The second kappa shape index (κ2) is 4.59. The highest BCUT2D eigenvalue weighted by molar-refractivity contribution is 6.15. The molecule has 4 aliphatic heterocycles. The molecule has 0 radical (unpaired) electrons. The number of aliphatic hydroxyl groups excluding tert-OH is 2. The summed E-state index contributed by atoms with van der Waals surface area (Å²) >= 11 is 0. The van der Waals surface area contributed by atoms with Gasteiger partial charge in [0.05, 0.1) is 5.69 Å². The van der Waals surface area contributed by atoms with Crippen molar-refractivity contribution in [2.24, 2.45) is 5.41 Å². The van der Waals surface area contributed by atoms with E-state index >= 15 is 0 Å². The largest absolute Gasteiger partial charge is 0.388 e. The van der Waals surface area contributed by atoms with E-state index in [-0.39, 0.29) is 11.8 Å². The Labute approximate surface area is 141 Å². The van der Waals surface area contributed by atoms with Gasteiger partial charge in [0.25, 0.3) is 0 Å². The first kappa shape index (κ1) is 14.9.